The van der Waals surface area contributed by atoms with Gasteiger partial charge in [0, 0.05) is 13.0 Å². The number of nitrogens with one attached hydrogen (secondary N) is 1. The van der Waals surface area contributed by atoms with E-state index in [1.807, 2.05) is 18.2 Å². The van der Waals surface area contributed by atoms with Crippen molar-refractivity contribution in [3.05, 3.63) is 48.0 Å². The highest BCUT2D eigenvalue weighted by Crippen LogP contribution is 2.21. The molecule has 0 unspecified atom stereocenters. The molecule has 0 atom stereocenters. The molecule has 2 aromatic carbocycles. The van der Waals surface area contributed by atoms with E-state index < -0.39 is 5.97 Å². The molecule has 0 aliphatic carbocycles. The number of hydrogen-bond donors (Lipinski definition) is 2. The monoisotopic (exact) mass is 342 g/mol. The molecule has 6 nitrogen and oxygen atoms in total. The Hall–Kier alpha value is -2.60. The summed E-state index contributed by atoms with van der Waals surface area (Å²) >= 11 is 0. The molecular weight excluding hydrogens is 320 g/mol. The highest BCUT2D eigenvalue weighted by molar-refractivity contribution is 5.85. The van der Waals surface area contributed by atoms with E-state index in [2.05, 4.69) is 29.6 Å². The van der Waals surface area contributed by atoms with Crippen LogP contribution < -0.4 is 5.32 Å². The van der Waals surface area contributed by atoms with Gasteiger partial charge in [0.25, 0.3) is 0 Å². The van der Waals surface area contributed by atoms with Crippen molar-refractivity contribution in [2.45, 2.75) is 25.6 Å². The lowest BCUT2D eigenvalue weighted by atomic mass is 10.1. The summed E-state index contributed by atoms with van der Waals surface area (Å²) in [6.45, 7) is 2.04. The summed E-state index contributed by atoms with van der Waals surface area (Å²) in [5, 5.41) is 13.7. The molecule has 0 saturated carbocycles. The molecule has 3 rings (SSSR count). The van der Waals surface area contributed by atoms with E-state index >= 15 is 0 Å². The standard InChI is InChI=1S/C19H22N2O4/c22-18(23)9-4-10-20-19(24)21-11-16(12-21)25-13-15-7-3-6-14-5-1-2-8-17(14)15/h1-3,5-8,16H,4,9-13H2,(H,20,24)(H,22,23). The largest absolute Gasteiger partial charge is 0.481 e. The average molecular weight is 342 g/mol. The molecule has 25 heavy (non-hydrogen) atoms. The van der Waals surface area contributed by atoms with Crippen molar-refractivity contribution in [2.75, 3.05) is 19.6 Å². The molecule has 0 aromatic heterocycles. The van der Waals surface area contributed by atoms with Crippen LogP contribution in [0.15, 0.2) is 42.5 Å². The first-order valence-electron chi connectivity index (χ1n) is 8.46. The third kappa shape index (κ3) is 4.48. The van der Waals surface area contributed by atoms with Crippen molar-refractivity contribution in [1.29, 1.82) is 0 Å². The van der Waals surface area contributed by atoms with Crippen LogP contribution in [0.25, 0.3) is 10.8 Å². The Balaban J connectivity index is 1.40. The fourth-order valence-electron chi connectivity index (χ4n) is 2.88. The number of amides is 2. The van der Waals surface area contributed by atoms with Crippen molar-refractivity contribution >= 4 is 22.8 Å². The van der Waals surface area contributed by atoms with Crippen molar-refractivity contribution in [1.82, 2.24) is 10.2 Å². The Kier molecular flexibility index (Phi) is 5.50. The third-order valence-electron chi connectivity index (χ3n) is 4.33. The van der Waals surface area contributed by atoms with Crippen molar-refractivity contribution in [2.24, 2.45) is 0 Å². The first-order valence-corrected chi connectivity index (χ1v) is 8.46. The maximum absolute atomic E-state index is 11.9. The maximum atomic E-state index is 11.9. The number of fused-ring (bicyclic) bond motifs is 1. The topological polar surface area (TPSA) is 78.9 Å². The second-order valence-electron chi connectivity index (χ2n) is 6.21. The summed E-state index contributed by atoms with van der Waals surface area (Å²) in [5.41, 5.74) is 1.15. The molecule has 0 spiro atoms. The Morgan fingerprint density at radius 2 is 1.92 bits per heavy atom. The van der Waals surface area contributed by atoms with E-state index in [9.17, 15) is 9.59 Å². The van der Waals surface area contributed by atoms with Crippen LogP contribution in [0.3, 0.4) is 0 Å². The minimum Gasteiger partial charge on any atom is -0.481 e. The number of carbonyl (C=O) groups is 2. The van der Waals surface area contributed by atoms with Gasteiger partial charge in [0.2, 0.25) is 0 Å². The molecule has 1 aliphatic rings. The lowest BCUT2D eigenvalue weighted by Gasteiger charge is -2.38. The van der Waals surface area contributed by atoms with Gasteiger partial charge in [-0.05, 0) is 22.8 Å². The lowest BCUT2D eigenvalue weighted by Crippen LogP contribution is -2.57. The molecule has 0 radical (unpaired) electrons. The van der Waals surface area contributed by atoms with Gasteiger partial charge in [0.05, 0.1) is 25.8 Å². The number of urea groups is 1. The molecule has 1 saturated heterocycles. The molecule has 6 heteroatoms. The average Bonchev–Trinajstić information content (AvgIpc) is 2.57. The van der Waals surface area contributed by atoms with Crippen molar-refractivity contribution < 1.29 is 19.4 Å². The predicted molar refractivity (Wildman–Crippen MR) is 94.4 cm³/mol. The number of nitrogens with zero attached hydrogens (tertiary/aromatic N) is 1. The molecule has 2 N–H and O–H groups in total. The van der Waals surface area contributed by atoms with Crippen LogP contribution in [0.1, 0.15) is 18.4 Å². The number of aliphatic carboxylic acids is 1. The highest BCUT2D eigenvalue weighted by atomic mass is 16.5. The Morgan fingerprint density at radius 1 is 1.16 bits per heavy atom. The van der Waals surface area contributed by atoms with Crippen LogP contribution in [0.4, 0.5) is 4.79 Å². The Morgan fingerprint density at radius 3 is 2.72 bits per heavy atom. The van der Waals surface area contributed by atoms with Gasteiger partial charge in [-0.15, -0.1) is 0 Å². The summed E-state index contributed by atoms with van der Waals surface area (Å²) < 4.78 is 5.91. The second kappa shape index (κ2) is 7.98. The molecule has 0 bridgehead atoms. The van der Waals surface area contributed by atoms with Crippen molar-refractivity contribution in [3.63, 3.8) is 0 Å². The van der Waals surface area contributed by atoms with Crippen molar-refractivity contribution in [3.8, 4) is 0 Å². The Labute approximate surface area is 146 Å². The number of hydrogen-bond acceptors (Lipinski definition) is 3. The van der Waals surface area contributed by atoms with E-state index in [-0.39, 0.29) is 18.6 Å². The van der Waals surface area contributed by atoms with E-state index in [4.69, 9.17) is 9.84 Å². The zero-order valence-electron chi connectivity index (χ0n) is 14.0. The number of carboxylic acid groups (broad SMARTS) is 1. The smallest absolute Gasteiger partial charge is 0.317 e. The zero-order valence-corrected chi connectivity index (χ0v) is 14.0. The van der Waals surface area contributed by atoms with Gasteiger partial charge in [0.15, 0.2) is 0 Å². The summed E-state index contributed by atoms with van der Waals surface area (Å²) in [5.74, 6) is -0.847. The van der Waals surface area contributed by atoms with Gasteiger partial charge in [-0.25, -0.2) is 4.79 Å². The van der Waals surface area contributed by atoms with Crippen LogP contribution >= 0.6 is 0 Å². The molecular formula is C19H22N2O4. The minimum atomic E-state index is -0.847. The summed E-state index contributed by atoms with van der Waals surface area (Å²) in [7, 11) is 0. The Bertz CT molecular complexity index is 751. The molecule has 2 amide bonds. The number of rotatable bonds is 7. The summed E-state index contributed by atoms with van der Waals surface area (Å²) in [6, 6.07) is 14.2. The minimum absolute atomic E-state index is 0.0451. The van der Waals surface area contributed by atoms with E-state index in [1.165, 1.54) is 10.8 Å². The van der Waals surface area contributed by atoms with Gasteiger partial charge in [-0.1, -0.05) is 42.5 Å². The van der Waals surface area contributed by atoms with Gasteiger partial charge in [-0.2, -0.15) is 0 Å². The van der Waals surface area contributed by atoms with E-state index in [0.29, 0.717) is 32.7 Å². The zero-order chi connectivity index (χ0) is 17.6. The van der Waals surface area contributed by atoms with Crippen LogP contribution in [-0.2, 0) is 16.1 Å². The number of carbonyl (C=O) groups excluding carboxylic acids is 1. The number of benzene rings is 2. The number of likely N-dealkylation sites (tertiary alicyclic amines) is 1. The van der Waals surface area contributed by atoms with E-state index in [0.717, 1.165) is 5.56 Å². The van der Waals surface area contributed by atoms with Crippen LogP contribution in [0.2, 0.25) is 0 Å². The molecule has 1 fully saturated rings. The van der Waals surface area contributed by atoms with Gasteiger partial charge < -0.3 is 20.1 Å². The molecule has 1 heterocycles. The maximum Gasteiger partial charge on any atom is 0.317 e. The van der Waals surface area contributed by atoms with Crippen LogP contribution in [0.5, 0.6) is 0 Å². The summed E-state index contributed by atoms with van der Waals surface area (Å²) in [4.78, 5) is 24.0. The lowest BCUT2D eigenvalue weighted by molar-refractivity contribution is -0.137. The molecule has 2 aromatic rings. The highest BCUT2D eigenvalue weighted by Gasteiger charge is 2.31. The molecule has 1 aliphatic heterocycles. The van der Waals surface area contributed by atoms with Gasteiger partial charge in [0.1, 0.15) is 0 Å². The second-order valence-corrected chi connectivity index (χ2v) is 6.21. The fraction of sp³-hybridized carbons (Fsp3) is 0.368. The number of ether oxygens (including phenoxy) is 1. The fourth-order valence-corrected chi connectivity index (χ4v) is 2.88. The number of carboxylic acids is 1. The van der Waals surface area contributed by atoms with E-state index in [1.54, 1.807) is 4.90 Å². The first-order chi connectivity index (χ1) is 12.1. The van der Waals surface area contributed by atoms with Crippen LogP contribution in [0, 0.1) is 0 Å². The normalized spacial score (nSPS) is 14.3. The summed E-state index contributed by atoms with van der Waals surface area (Å²) in [6.07, 6.45) is 0.552. The predicted octanol–water partition coefficient (Wildman–Crippen LogP) is 2.62. The van der Waals surface area contributed by atoms with Gasteiger partial charge >= 0.3 is 12.0 Å². The SMILES string of the molecule is O=C(O)CCCNC(=O)N1CC(OCc2cccc3ccccc23)C1. The third-order valence-corrected chi connectivity index (χ3v) is 4.33. The quantitative estimate of drug-likeness (QED) is 0.758. The molecule has 132 valence electrons. The first kappa shape index (κ1) is 17.2. The van der Waals surface area contributed by atoms with Gasteiger partial charge in [-0.3, -0.25) is 4.79 Å². The van der Waals surface area contributed by atoms with Crippen LogP contribution in [-0.4, -0.2) is 47.7 Å².